The first kappa shape index (κ1) is 16.9. The van der Waals surface area contributed by atoms with E-state index in [1.165, 1.54) is 37.7 Å². The summed E-state index contributed by atoms with van der Waals surface area (Å²) < 4.78 is 11.0. The molecule has 0 aromatic heterocycles. The minimum atomic E-state index is 0. The molecule has 0 heterocycles. The Balaban J connectivity index is 0.00000156. The molecule has 1 N–H and O–H groups in total. The van der Waals surface area contributed by atoms with E-state index in [-0.39, 0.29) is 12.4 Å². The molecule has 1 aromatic carbocycles. The van der Waals surface area contributed by atoms with E-state index >= 15 is 0 Å². The predicted octanol–water partition coefficient (Wildman–Crippen LogP) is 4.04. The van der Waals surface area contributed by atoms with Crippen molar-refractivity contribution in [3.8, 4) is 11.5 Å². The number of benzene rings is 1. The van der Waals surface area contributed by atoms with Gasteiger partial charge in [0.2, 0.25) is 0 Å². The van der Waals surface area contributed by atoms with Crippen LogP contribution in [0.5, 0.6) is 11.5 Å². The van der Waals surface area contributed by atoms with Crippen molar-refractivity contribution in [1.29, 1.82) is 0 Å². The Morgan fingerprint density at radius 2 is 1.61 bits per heavy atom. The summed E-state index contributed by atoms with van der Waals surface area (Å²) in [5, 5.41) is 3.87. The van der Waals surface area contributed by atoms with Crippen LogP contribution in [-0.4, -0.2) is 20.3 Å². The van der Waals surface area contributed by atoms with E-state index in [9.17, 15) is 0 Å². The van der Waals surface area contributed by atoms with E-state index in [1.54, 1.807) is 14.2 Å². The second-order valence-electron chi connectivity index (χ2n) is 7.49. The van der Waals surface area contributed by atoms with Crippen molar-refractivity contribution in [1.82, 2.24) is 5.32 Å². The Kier molecular flexibility index (Phi) is 5.07. The fourth-order valence-electron chi connectivity index (χ4n) is 5.58. The maximum absolute atomic E-state index is 5.56. The van der Waals surface area contributed by atoms with Crippen LogP contribution in [0.1, 0.15) is 37.7 Å². The zero-order valence-corrected chi connectivity index (χ0v) is 14.9. The fraction of sp³-hybridized carbons (Fsp3) is 0.684. The molecule has 23 heavy (non-hydrogen) atoms. The summed E-state index contributed by atoms with van der Waals surface area (Å²) in [4.78, 5) is 0. The van der Waals surface area contributed by atoms with Gasteiger partial charge in [0, 0.05) is 18.2 Å². The molecule has 3 nitrogen and oxygen atoms in total. The lowest BCUT2D eigenvalue weighted by molar-refractivity contribution is -0.0143. The molecule has 4 saturated carbocycles. The van der Waals surface area contributed by atoms with Gasteiger partial charge in [-0.15, -0.1) is 12.4 Å². The maximum atomic E-state index is 5.56. The smallest absolute Gasteiger partial charge is 0.165 e. The molecule has 0 radical (unpaired) electrons. The second-order valence-corrected chi connectivity index (χ2v) is 7.49. The highest BCUT2D eigenvalue weighted by atomic mass is 35.5. The van der Waals surface area contributed by atoms with Gasteiger partial charge in [-0.25, -0.2) is 0 Å². The normalized spacial score (nSPS) is 34.1. The van der Waals surface area contributed by atoms with Crippen LogP contribution >= 0.6 is 12.4 Å². The van der Waals surface area contributed by atoms with Crippen LogP contribution in [0, 0.1) is 23.7 Å². The lowest BCUT2D eigenvalue weighted by Gasteiger charge is -2.54. The van der Waals surface area contributed by atoms with E-state index in [2.05, 4.69) is 17.4 Å². The number of ether oxygens (including phenoxy) is 2. The monoisotopic (exact) mass is 337 g/mol. The summed E-state index contributed by atoms with van der Waals surface area (Å²) in [6.07, 6.45) is 7.35. The van der Waals surface area contributed by atoms with Crippen molar-refractivity contribution in [3.63, 3.8) is 0 Å². The molecule has 4 aliphatic carbocycles. The number of rotatable bonds is 5. The molecular weight excluding hydrogens is 310 g/mol. The third kappa shape index (κ3) is 3.06. The van der Waals surface area contributed by atoms with Gasteiger partial charge in [0.15, 0.2) is 11.5 Å². The Morgan fingerprint density at radius 3 is 2.17 bits per heavy atom. The first-order valence-corrected chi connectivity index (χ1v) is 8.71. The van der Waals surface area contributed by atoms with Crippen molar-refractivity contribution in [3.05, 3.63) is 23.8 Å². The fourth-order valence-corrected chi connectivity index (χ4v) is 5.58. The van der Waals surface area contributed by atoms with E-state index in [0.717, 1.165) is 41.7 Å². The topological polar surface area (TPSA) is 30.5 Å². The molecular formula is C19H28ClNO2. The maximum Gasteiger partial charge on any atom is 0.165 e. The third-order valence-corrected chi connectivity index (χ3v) is 6.24. The lowest BCUT2D eigenvalue weighted by Crippen LogP contribution is -2.54. The van der Waals surface area contributed by atoms with Crippen molar-refractivity contribution in [2.24, 2.45) is 23.7 Å². The highest BCUT2D eigenvalue weighted by molar-refractivity contribution is 5.85. The molecule has 0 aliphatic heterocycles. The van der Waals surface area contributed by atoms with E-state index in [4.69, 9.17) is 9.47 Å². The summed E-state index contributed by atoms with van der Waals surface area (Å²) in [6.45, 7) is 0.882. The van der Waals surface area contributed by atoms with Gasteiger partial charge in [-0.05, 0) is 61.8 Å². The summed E-state index contributed by atoms with van der Waals surface area (Å²) in [5.74, 6) is 5.59. The lowest BCUT2D eigenvalue weighted by atomic mass is 9.54. The Hall–Kier alpha value is -0.930. The van der Waals surface area contributed by atoms with Crippen LogP contribution in [0.2, 0.25) is 0 Å². The molecule has 0 saturated heterocycles. The van der Waals surface area contributed by atoms with E-state index in [0.29, 0.717) is 6.04 Å². The molecule has 128 valence electrons. The zero-order chi connectivity index (χ0) is 15.1. The average Bonchev–Trinajstić information content (AvgIpc) is 2.53. The molecule has 4 bridgehead atoms. The molecule has 4 aliphatic rings. The van der Waals surface area contributed by atoms with E-state index in [1.807, 2.05) is 6.07 Å². The summed E-state index contributed by atoms with van der Waals surface area (Å²) in [7, 11) is 3.43. The standard InChI is InChI=1S/C19H27NO2.ClH/c1-21-17-5-3-4-14(19(17)22-2)11-20-18-15-7-12-6-13(9-15)10-16(18)8-12;/h3-5,12-13,15-16,18,20H,6-11H2,1-2H3;1H. The van der Waals surface area contributed by atoms with Crippen LogP contribution in [-0.2, 0) is 6.54 Å². The minimum Gasteiger partial charge on any atom is -0.493 e. The first-order valence-electron chi connectivity index (χ1n) is 8.71. The quantitative estimate of drug-likeness (QED) is 0.879. The SMILES string of the molecule is COc1cccc(CNC2C3CC4CC(C3)CC2C4)c1OC.Cl. The van der Waals surface area contributed by atoms with Gasteiger partial charge in [-0.1, -0.05) is 12.1 Å². The molecule has 4 heteroatoms. The predicted molar refractivity (Wildman–Crippen MR) is 94.5 cm³/mol. The van der Waals surface area contributed by atoms with Gasteiger partial charge in [-0.3, -0.25) is 0 Å². The number of methoxy groups -OCH3 is 2. The van der Waals surface area contributed by atoms with Crippen LogP contribution in [0.3, 0.4) is 0 Å². The Bertz CT molecular complexity index is 520. The van der Waals surface area contributed by atoms with Crippen molar-refractivity contribution >= 4 is 12.4 Å². The number of para-hydroxylation sites is 1. The van der Waals surface area contributed by atoms with Gasteiger partial charge in [-0.2, -0.15) is 0 Å². The summed E-state index contributed by atoms with van der Waals surface area (Å²) in [6, 6.07) is 6.87. The largest absolute Gasteiger partial charge is 0.493 e. The first-order chi connectivity index (χ1) is 10.8. The average molecular weight is 338 g/mol. The molecule has 0 amide bonds. The summed E-state index contributed by atoms with van der Waals surface area (Å²) >= 11 is 0. The van der Waals surface area contributed by atoms with Gasteiger partial charge in [0.25, 0.3) is 0 Å². The number of hydrogen-bond acceptors (Lipinski definition) is 3. The number of halogens is 1. The van der Waals surface area contributed by atoms with Gasteiger partial charge in [0.1, 0.15) is 0 Å². The zero-order valence-electron chi connectivity index (χ0n) is 14.1. The van der Waals surface area contributed by atoms with Gasteiger partial charge >= 0.3 is 0 Å². The van der Waals surface area contributed by atoms with Crippen molar-refractivity contribution in [2.75, 3.05) is 14.2 Å². The molecule has 1 aromatic rings. The van der Waals surface area contributed by atoms with Crippen LogP contribution < -0.4 is 14.8 Å². The molecule has 0 spiro atoms. The molecule has 5 rings (SSSR count). The van der Waals surface area contributed by atoms with Gasteiger partial charge in [0.05, 0.1) is 14.2 Å². The Labute approximate surface area is 145 Å². The third-order valence-electron chi connectivity index (χ3n) is 6.24. The second kappa shape index (κ2) is 6.90. The van der Waals surface area contributed by atoms with Crippen LogP contribution in [0.4, 0.5) is 0 Å². The Morgan fingerprint density at radius 1 is 0.957 bits per heavy atom. The highest BCUT2D eigenvalue weighted by Crippen LogP contribution is 2.53. The van der Waals surface area contributed by atoms with Crippen LogP contribution in [0.25, 0.3) is 0 Å². The van der Waals surface area contributed by atoms with Crippen LogP contribution in [0.15, 0.2) is 18.2 Å². The number of hydrogen-bond donors (Lipinski definition) is 1. The minimum absolute atomic E-state index is 0. The summed E-state index contributed by atoms with van der Waals surface area (Å²) in [5.41, 5.74) is 1.20. The molecule has 0 unspecified atom stereocenters. The van der Waals surface area contributed by atoms with Crippen molar-refractivity contribution < 1.29 is 9.47 Å². The molecule has 0 atom stereocenters. The van der Waals surface area contributed by atoms with Gasteiger partial charge < -0.3 is 14.8 Å². The highest BCUT2D eigenvalue weighted by Gasteiger charge is 2.47. The number of nitrogens with one attached hydrogen (secondary N) is 1. The van der Waals surface area contributed by atoms with E-state index < -0.39 is 0 Å². The van der Waals surface area contributed by atoms with Crippen molar-refractivity contribution in [2.45, 2.75) is 44.7 Å². The molecule has 4 fully saturated rings.